The van der Waals surface area contributed by atoms with Crippen molar-refractivity contribution in [1.29, 1.82) is 0 Å². The van der Waals surface area contributed by atoms with Crippen molar-refractivity contribution in [3.63, 3.8) is 0 Å². The number of hydrogen-bond donors (Lipinski definition) is 3. The zero-order valence-corrected chi connectivity index (χ0v) is 16.7. The van der Waals surface area contributed by atoms with Crippen LogP contribution in [0.1, 0.15) is 56.5 Å². The predicted octanol–water partition coefficient (Wildman–Crippen LogP) is 2.56. The van der Waals surface area contributed by atoms with Gasteiger partial charge >= 0.3 is 0 Å². The molecule has 2 heterocycles. The van der Waals surface area contributed by atoms with Gasteiger partial charge in [0.15, 0.2) is 5.82 Å². The molecule has 1 unspecified atom stereocenters. The van der Waals surface area contributed by atoms with Gasteiger partial charge in [-0.25, -0.2) is 4.98 Å². The predicted molar refractivity (Wildman–Crippen MR) is 109 cm³/mol. The Balaban J connectivity index is 1.72. The van der Waals surface area contributed by atoms with Gasteiger partial charge in [-0.2, -0.15) is 5.10 Å². The first-order chi connectivity index (χ1) is 13.6. The molecule has 7 heteroatoms. The maximum Gasteiger partial charge on any atom is 0.173 e. The lowest BCUT2D eigenvalue weighted by Crippen LogP contribution is -2.57. The van der Waals surface area contributed by atoms with E-state index in [2.05, 4.69) is 44.9 Å². The second-order valence-electron chi connectivity index (χ2n) is 8.13. The lowest BCUT2D eigenvalue weighted by Gasteiger charge is -2.49. The molecule has 4 rings (SSSR count). The van der Waals surface area contributed by atoms with E-state index in [4.69, 9.17) is 10.5 Å². The third-order valence-electron chi connectivity index (χ3n) is 6.71. The van der Waals surface area contributed by atoms with Gasteiger partial charge in [0.1, 0.15) is 11.6 Å². The van der Waals surface area contributed by atoms with Crippen LogP contribution >= 0.6 is 0 Å². The molecule has 0 amide bonds. The van der Waals surface area contributed by atoms with E-state index >= 15 is 0 Å². The molecule has 1 saturated heterocycles. The molecule has 28 heavy (non-hydrogen) atoms. The molecule has 1 aliphatic carbocycles. The van der Waals surface area contributed by atoms with E-state index in [9.17, 15) is 0 Å². The number of nitrogens with one attached hydrogen (secondary N) is 2. The van der Waals surface area contributed by atoms with Crippen molar-refractivity contribution in [3.8, 4) is 5.75 Å². The number of methoxy groups -OCH3 is 1. The van der Waals surface area contributed by atoms with Crippen LogP contribution in [0.2, 0.25) is 0 Å². The summed E-state index contributed by atoms with van der Waals surface area (Å²) >= 11 is 0. The molecule has 7 nitrogen and oxygen atoms in total. The number of aromatic nitrogens is 3. The molecule has 0 bridgehead atoms. The van der Waals surface area contributed by atoms with E-state index in [0.29, 0.717) is 5.82 Å². The first kappa shape index (κ1) is 19.1. The smallest absolute Gasteiger partial charge is 0.173 e. The Bertz CT molecular complexity index is 805. The Labute approximate surface area is 166 Å². The summed E-state index contributed by atoms with van der Waals surface area (Å²) in [6.07, 6.45) is 7.06. The molecule has 1 spiro atoms. The van der Waals surface area contributed by atoms with E-state index < -0.39 is 0 Å². The zero-order chi connectivity index (χ0) is 19.6. The van der Waals surface area contributed by atoms with Crippen LogP contribution in [0.15, 0.2) is 30.5 Å². The van der Waals surface area contributed by atoms with Crippen molar-refractivity contribution in [1.82, 2.24) is 25.8 Å². The first-order valence-corrected chi connectivity index (χ1v) is 10.2. The number of nitrogens with two attached hydrogens (primary N) is 1. The molecule has 1 aromatic carbocycles. The summed E-state index contributed by atoms with van der Waals surface area (Å²) in [7, 11) is 1.69. The van der Waals surface area contributed by atoms with E-state index in [1.54, 1.807) is 7.11 Å². The zero-order valence-electron chi connectivity index (χ0n) is 16.7. The topological polar surface area (TPSA) is 98.0 Å². The molecule has 2 atom stereocenters. The van der Waals surface area contributed by atoms with E-state index in [0.717, 1.165) is 50.3 Å². The Morgan fingerprint density at radius 1 is 1.14 bits per heavy atom. The highest BCUT2D eigenvalue weighted by molar-refractivity contribution is 5.31. The number of benzene rings is 1. The van der Waals surface area contributed by atoms with Gasteiger partial charge in [-0.3, -0.25) is 5.32 Å². The second kappa shape index (κ2) is 7.64. The fourth-order valence-electron chi connectivity index (χ4n) is 5.23. The van der Waals surface area contributed by atoms with E-state index in [-0.39, 0.29) is 17.0 Å². The standard InChI is InChI=1S/C21H30N6O/c1-15(16-4-6-17(28-2)7-5-16)26-21(19-25-18(22)14-24-27-19)9-3-8-20(21)10-12-23-13-11-20/h4-7,14-15,23,26H,3,8-13H2,1-2H3,(H2,22,25,27)/t15-,21?/m1/s1. The average molecular weight is 383 g/mol. The Kier molecular flexibility index (Phi) is 5.21. The van der Waals surface area contributed by atoms with Crippen molar-refractivity contribution in [2.45, 2.75) is 50.6 Å². The van der Waals surface area contributed by atoms with Crippen LogP contribution in [-0.4, -0.2) is 35.4 Å². The summed E-state index contributed by atoms with van der Waals surface area (Å²) in [5.41, 5.74) is 7.02. The monoisotopic (exact) mass is 382 g/mol. The molecule has 1 aliphatic heterocycles. The molecule has 0 radical (unpaired) electrons. The van der Waals surface area contributed by atoms with Crippen LogP contribution in [0, 0.1) is 5.41 Å². The number of nitrogens with zero attached hydrogens (tertiary/aromatic N) is 3. The number of nitrogen functional groups attached to an aromatic ring is 1. The van der Waals surface area contributed by atoms with Crippen molar-refractivity contribution in [3.05, 3.63) is 41.9 Å². The van der Waals surface area contributed by atoms with Crippen LogP contribution in [0.25, 0.3) is 0 Å². The van der Waals surface area contributed by atoms with Gasteiger partial charge in [0.2, 0.25) is 0 Å². The van der Waals surface area contributed by atoms with E-state index in [1.165, 1.54) is 18.2 Å². The van der Waals surface area contributed by atoms with E-state index in [1.807, 2.05) is 12.1 Å². The Morgan fingerprint density at radius 2 is 1.89 bits per heavy atom. The lowest BCUT2D eigenvalue weighted by molar-refractivity contribution is 0.0561. The molecular weight excluding hydrogens is 352 g/mol. The summed E-state index contributed by atoms with van der Waals surface area (Å²) in [6.45, 7) is 4.25. The quantitative estimate of drug-likeness (QED) is 0.731. The number of rotatable bonds is 5. The third kappa shape index (κ3) is 3.22. The second-order valence-corrected chi connectivity index (χ2v) is 8.13. The average Bonchev–Trinajstić information content (AvgIpc) is 3.06. The minimum absolute atomic E-state index is 0.119. The van der Waals surface area contributed by atoms with Crippen LogP contribution in [0.5, 0.6) is 5.75 Å². The van der Waals surface area contributed by atoms with Crippen molar-refractivity contribution >= 4 is 5.82 Å². The fourth-order valence-corrected chi connectivity index (χ4v) is 5.23. The minimum Gasteiger partial charge on any atom is -0.497 e. The Morgan fingerprint density at radius 3 is 2.57 bits per heavy atom. The summed E-state index contributed by atoms with van der Waals surface area (Å²) in [5.74, 6) is 2.04. The van der Waals surface area contributed by atoms with Crippen LogP contribution < -0.4 is 21.1 Å². The van der Waals surface area contributed by atoms with Crippen LogP contribution in [0.3, 0.4) is 0 Å². The summed E-state index contributed by atoms with van der Waals surface area (Å²) in [5, 5.41) is 16.1. The molecule has 1 saturated carbocycles. The van der Waals surface area contributed by atoms with Gasteiger partial charge in [-0.1, -0.05) is 18.6 Å². The highest BCUT2D eigenvalue weighted by Crippen LogP contribution is 2.57. The highest BCUT2D eigenvalue weighted by Gasteiger charge is 2.58. The lowest BCUT2D eigenvalue weighted by atomic mass is 9.65. The van der Waals surface area contributed by atoms with Gasteiger partial charge in [0.05, 0.1) is 18.8 Å². The van der Waals surface area contributed by atoms with Crippen molar-refractivity contribution in [2.24, 2.45) is 5.41 Å². The van der Waals surface area contributed by atoms with Crippen molar-refractivity contribution < 1.29 is 4.74 Å². The molecule has 4 N–H and O–H groups in total. The summed E-state index contributed by atoms with van der Waals surface area (Å²) in [6, 6.07) is 8.39. The molecule has 2 aliphatic rings. The maximum atomic E-state index is 6.01. The largest absolute Gasteiger partial charge is 0.497 e. The normalized spacial score (nSPS) is 24.9. The number of piperidine rings is 1. The summed E-state index contributed by atoms with van der Waals surface area (Å²) < 4.78 is 5.31. The molecule has 2 aromatic rings. The molecule has 1 aromatic heterocycles. The number of anilines is 1. The molecule has 150 valence electrons. The molecular formula is C21H30N6O. The van der Waals surface area contributed by atoms with Gasteiger partial charge < -0.3 is 15.8 Å². The fraction of sp³-hybridized carbons (Fsp3) is 0.571. The number of ether oxygens (including phenoxy) is 1. The summed E-state index contributed by atoms with van der Waals surface area (Å²) in [4.78, 5) is 4.65. The van der Waals surface area contributed by atoms with Crippen LogP contribution in [-0.2, 0) is 5.54 Å². The molecule has 2 fully saturated rings. The maximum absolute atomic E-state index is 6.01. The van der Waals surface area contributed by atoms with Gasteiger partial charge in [0, 0.05) is 6.04 Å². The minimum atomic E-state index is -0.323. The third-order valence-corrected chi connectivity index (χ3v) is 6.71. The first-order valence-electron chi connectivity index (χ1n) is 10.2. The van der Waals surface area contributed by atoms with Crippen molar-refractivity contribution in [2.75, 3.05) is 25.9 Å². The van der Waals surface area contributed by atoms with Gasteiger partial charge in [-0.15, -0.1) is 5.10 Å². The number of hydrogen-bond acceptors (Lipinski definition) is 7. The van der Waals surface area contributed by atoms with Gasteiger partial charge in [-0.05, 0) is 68.8 Å². The SMILES string of the molecule is COc1ccc([C@@H](C)NC2(c3nncc(N)n3)CCCC23CCNCC3)cc1. The Hall–Kier alpha value is -2.25. The van der Waals surface area contributed by atoms with Crippen LogP contribution in [0.4, 0.5) is 5.82 Å². The van der Waals surface area contributed by atoms with Gasteiger partial charge in [0.25, 0.3) is 0 Å². The highest BCUT2D eigenvalue weighted by atomic mass is 16.5.